The van der Waals surface area contributed by atoms with Gasteiger partial charge in [-0.3, -0.25) is 14.9 Å². The molecule has 0 aliphatic carbocycles. The van der Waals surface area contributed by atoms with Gasteiger partial charge in [0.05, 0.1) is 4.92 Å². The molecule has 0 saturated carbocycles. The lowest BCUT2D eigenvalue weighted by atomic mass is 9.96. The van der Waals surface area contributed by atoms with Gasteiger partial charge >= 0.3 is 0 Å². The molecule has 0 aliphatic rings. The van der Waals surface area contributed by atoms with Crippen LogP contribution in [0.3, 0.4) is 0 Å². The van der Waals surface area contributed by atoms with Gasteiger partial charge in [-0.25, -0.2) is 0 Å². The van der Waals surface area contributed by atoms with Crippen molar-refractivity contribution in [3.8, 4) is 0 Å². The Hall–Kier alpha value is -2.11. The van der Waals surface area contributed by atoms with Crippen LogP contribution in [0.15, 0.2) is 18.2 Å². The summed E-state index contributed by atoms with van der Waals surface area (Å²) in [4.78, 5) is 23.9. The van der Waals surface area contributed by atoms with Gasteiger partial charge in [0.15, 0.2) is 0 Å². The first-order valence-corrected chi connectivity index (χ1v) is 5.91. The van der Waals surface area contributed by atoms with Crippen LogP contribution in [0.2, 0.25) is 0 Å². The van der Waals surface area contributed by atoms with Crippen LogP contribution in [0, 0.1) is 15.5 Å². The molecule has 0 spiro atoms. The molecule has 1 aromatic carbocycles. The topological polar surface area (TPSA) is 89.5 Å². The van der Waals surface area contributed by atoms with Gasteiger partial charge in [0, 0.05) is 25.2 Å². The Kier molecular flexibility index (Phi) is 4.14. The Balaban J connectivity index is 3.01. The Morgan fingerprint density at radius 1 is 1.42 bits per heavy atom. The molecule has 0 atom stereocenters. The summed E-state index contributed by atoms with van der Waals surface area (Å²) in [5.41, 5.74) is 5.55. The van der Waals surface area contributed by atoms with Crippen molar-refractivity contribution >= 4 is 17.3 Å². The Labute approximate surface area is 112 Å². The van der Waals surface area contributed by atoms with Crippen LogP contribution in [-0.4, -0.2) is 29.3 Å². The van der Waals surface area contributed by atoms with Crippen molar-refractivity contribution in [1.29, 1.82) is 0 Å². The van der Waals surface area contributed by atoms with E-state index in [1.807, 2.05) is 20.8 Å². The van der Waals surface area contributed by atoms with Crippen LogP contribution < -0.4 is 5.73 Å². The van der Waals surface area contributed by atoms with Crippen LogP contribution >= 0.6 is 0 Å². The van der Waals surface area contributed by atoms with Gasteiger partial charge < -0.3 is 10.6 Å². The number of carbonyl (C=O) groups excluding carboxylic acids is 1. The van der Waals surface area contributed by atoms with Crippen LogP contribution in [0.25, 0.3) is 0 Å². The van der Waals surface area contributed by atoms with E-state index >= 15 is 0 Å². The molecule has 2 N–H and O–H groups in total. The first kappa shape index (κ1) is 14.9. The summed E-state index contributed by atoms with van der Waals surface area (Å²) in [6.45, 7) is 6.61. The number of nitrogens with two attached hydrogens (primary N) is 1. The second-order valence-corrected chi connectivity index (χ2v) is 5.75. The summed E-state index contributed by atoms with van der Waals surface area (Å²) < 4.78 is 0. The summed E-state index contributed by atoms with van der Waals surface area (Å²) in [5, 5.41) is 10.8. The Morgan fingerprint density at radius 2 is 2.00 bits per heavy atom. The quantitative estimate of drug-likeness (QED) is 0.516. The molecule has 0 aromatic heterocycles. The molecule has 1 rings (SSSR count). The smallest absolute Gasteiger partial charge is 0.292 e. The maximum Gasteiger partial charge on any atom is 0.292 e. The zero-order valence-electron chi connectivity index (χ0n) is 11.6. The number of benzene rings is 1. The molecular weight excluding hydrogens is 246 g/mol. The van der Waals surface area contributed by atoms with Crippen LogP contribution in [-0.2, 0) is 0 Å². The van der Waals surface area contributed by atoms with Crippen molar-refractivity contribution in [2.24, 2.45) is 5.41 Å². The number of hydrogen-bond donors (Lipinski definition) is 1. The third-order valence-corrected chi connectivity index (χ3v) is 2.53. The third-order valence-electron chi connectivity index (χ3n) is 2.53. The average molecular weight is 265 g/mol. The minimum atomic E-state index is -0.587. The number of nitrogens with zero attached hydrogens (tertiary/aromatic N) is 2. The number of nitro benzene ring substituents is 1. The van der Waals surface area contributed by atoms with Gasteiger partial charge in [0.2, 0.25) is 0 Å². The molecule has 104 valence electrons. The van der Waals surface area contributed by atoms with Crippen molar-refractivity contribution < 1.29 is 9.72 Å². The predicted octanol–water partition coefficient (Wildman–Crippen LogP) is 2.30. The highest BCUT2D eigenvalue weighted by Gasteiger charge is 2.21. The van der Waals surface area contributed by atoms with E-state index in [9.17, 15) is 14.9 Å². The number of rotatable bonds is 3. The van der Waals surface area contributed by atoms with E-state index in [4.69, 9.17) is 5.73 Å². The fraction of sp³-hybridized carbons (Fsp3) is 0.462. The summed E-state index contributed by atoms with van der Waals surface area (Å²) in [7, 11) is 1.68. The number of hydrogen-bond acceptors (Lipinski definition) is 4. The van der Waals surface area contributed by atoms with E-state index in [0.29, 0.717) is 6.54 Å². The van der Waals surface area contributed by atoms with Crippen molar-refractivity contribution in [2.45, 2.75) is 20.8 Å². The first-order chi connectivity index (χ1) is 8.61. The Morgan fingerprint density at radius 3 is 2.47 bits per heavy atom. The van der Waals surface area contributed by atoms with E-state index in [-0.39, 0.29) is 28.3 Å². The second kappa shape index (κ2) is 5.26. The maximum atomic E-state index is 12.2. The molecule has 1 aromatic rings. The number of anilines is 1. The second-order valence-electron chi connectivity index (χ2n) is 5.75. The van der Waals surface area contributed by atoms with E-state index < -0.39 is 4.92 Å². The van der Waals surface area contributed by atoms with Gasteiger partial charge in [0.25, 0.3) is 11.6 Å². The first-order valence-electron chi connectivity index (χ1n) is 5.91. The van der Waals surface area contributed by atoms with E-state index in [0.717, 1.165) is 0 Å². The molecule has 0 saturated heterocycles. The van der Waals surface area contributed by atoms with E-state index in [1.54, 1.807) is 11.9 Å². The van der Waals surface area contributed by atoms with Crippen molar-refractivity contribution in [2.75, 3.05) is 19.3 Å². The molecule has 0 heterocycles. The standard InChI is InChI=1S/C13H19N3O3/c1-13(2,3)8-15(4)12(17)9-5-6-10(14)11(7-9)16(18)19/h5-7H,8,14H2,1-4H3. The Bertz CT molecular complexity index is 506. The third kappa shape index (κ3) is 3.94. The number of nitro groups is 1. The minimum absolute atomic E-state index is 0.0375. The number of nitrogen functional groups attached to an aromatic ring is 1. The number of carbonyl (C=O) groups is 1. The highest BCUT2D eigenvalue weighted by atomic mass is 16.6. The lowest BCUT2D eigenvalue weighted by molar-refractivity contribution is -0.383. The fourth-order valence-electron chi connectivity index (χ4n) is 1.84. The molecular formula is C13H19N3O3. The zero-order chi connectivity index (χ0) is 14.8. The molecule has 6 nitrogen and oxygen atoms in total. The highest BCUT2D eigenvalue weighted by molar-refractivity contribution is 5.95. The molecule has 6 heteroatoms. The van der Waals surface area contributed by atoms with E-state index in [1.165, 1.54) is 18.2 Å². The monoisotopic (exact) mass is 265 g/mol. The molecule has 0 fully saturated rings. The lowest BCUT2D eigenvalue weighted by Gasteiger charge is -2.26. The molecule has 0 bridgehead atoms. The van der Waals surface area contributed by atoms with Gasteiger partial charge in [0.1, 0.15) is 5.69 Å². The summed E-state index contributed by atoms with van der Waals surface area (Å²) in [5.74, 6) is -0.252. The summed E-state index contributed by atoms with van der Waals surface area (Å²) in [6.07, 6.45) is 0. The minimum Gasteiger partial charge on any atom is -0.393 e. The largest absolute Gasteiger partial charge is 0.393 e. The normalized spacial score (nSPS) is 11.2. The van der Waals surface area contributed by atoms with Crippen LogP contribution in [0.5, 0.6) is 0 Å². The lowest BCUT2D eigenvalue weighted by Crippen LogP contribution is -2.34. The molecule has 0 unspecified atom stereocenters. The number of amides is 1. The SMILES string of the molecule is CN(CC(C)(C)C)C(=O)c1ccc(N)c([N+](=O)[O-])c1. The summed E-state index contributed by atoms with van der Waals surface area (Å²) >= 11 is 0. The van der Waals surface area contributed by atoms with Gasteiger partial charge in [-0.1, -0.05) is 20.8 Å². The van der Waals surface area contributed by atoms with Crippen LogP contribution in [0.4, 0.5) is 11.4 Å². The molecule has 0 aliphatic heterocycles. The molecule has 1 amide bonds. The predicted molar refractivity (Wildman–Crippen MR) is 73.9 cm³/mol. The zero-order valence-corrected chi connectivity index (χ0v) is 11.6. The van der Waals surface area contributed by atoms with Gasteiger partial charge in [-0.05, 0) is 17.5 Å². The van der Waals surface area contributed by atoms with Crippen molar-refractivity contribution in [3.63, 3.8) is 0 Å². The molecule has 0 radical (unpaired) electrons. The highest BCUT2D eigenvalue weighted by Crippen LogP contribution is 2.23. The fourth-order valence-corrected chi connectivity index (χ4v) is 1.84. The van der Waals surface area contributed by atoms with Crippen molar-refractivity contribution in [3.05, 3.63) is 33.9 Å². The maximum absolute atomic E-state index is 12.2. The van der Waals surface area contributed by atoms with Gasteiger partial charge in [-0.15, -0.1) is 0 Å². The van der Waals surface area contributed by atoms with Gasteiger partial charge in [-0.2, -0.15) is 0 Å². The average Bonchev–Trinajstić information content (AvgIpc) is 2.26. The van der Waals surface area contributed by atoms with Crippen molar-refractivity contribution in [1.82, 2.24) is 4.90 Å². The van der Waals surface area contributed by atoms with Crippen LogP contribution in [0.1, 0.15) is 31.1 Å². The van der Waals surface area contributed by atoms with E-state index in [2.05, 4.69) is 0 Å². The molecule has 19 heavy (non-hydrogen) atoms. The summed E-state index contributed by atoms with van der Waals surface area (Å²) in [6, 6.07) is 4.11.